The highest BCUT2D eigenvalue weighted by molar-refractivity contribution is 5.88. The number of ether oxygens (including phenoxy) is 1. The maximum atomic E-state index is 11.8. The second-order valence-corrected chi connectivity index (χ2v) is 4.78. The molecule has 0 amide bonds. The Bertz CT molecular complexity index is 857. The number of fused-ring (bicyclic) bond motifs is 1. The number of anilines is 1. The Morgan fingerprint density at radius 1 is 1.27 bits per heavy atom. The topological polar surface area (TPSA) is 76.4 Å². The quantitative estimate of drug-likeness (QED) is 0.722. The Labute approximate surface area is 126 Å². The van der Waals surface area contributed by atoms with Crippen molar-refractivity contribution in [3.05, 3.63) is 64.6 Å². The molecule has 22 heavy (non-hydrogen) atoms. The molecule has 0 saturated heterocycles. The molecule has 6 nitrogen and oxygen atoms in total. The van der Waals surface area contributed by atoms with Crippen LogP contribution in [-0.4, -0.2) is 22.0 Å². The summed E-state index contributed by atoms with van der Waals surface area (Å²) in [4.78, 5) is 15.8. The Balaban J connectivity index is 1.90. The first-order chi connectivity index (χ1) is 10.7. The highest BCUT2D eigenvalue weighted by atomic mass is 16.5. The van der Waals surface area contributed by atoms with Crippen molar-refractivity contribution < 1.29 is 9.94 Å². The maximum Gasteiger partial charge on any atom is 0.286 e. The largest absolute Gasteiger partial charge is 0.497 e. The van der Waals surface area contributed by atoms with E-state index in [0.717, 1.165) is 11.3 Å². The highest BCUT2D eigenvalue weighted by Gasteiger charge is 2.08. The maximum absolute atomic E-state index is 11.8. The lowest BCUT2D eigenvalue weighted by atomic mass is 10.2. The van der Waals surface area contributed by atoms with Crippen molar-refractivity contribution in [3.8, 4) is 5.75 Å². The molecule has 0 unspecified atom stereocenters. The number of hydrogen-bond acceptors (Lipinski definition) is 5. The standard InChI is InChI=1S/C16H15N3O3/c1-22-12-6-4-11(5-7-12)10-18-14-9-15(20)19(21)16-13(14)3-2-8-17-16/h2-9,18,21H,10H2,1H3. The molecule has 0 aliphatic rings. The predicted octanol–water partition coefficient (Wildman–Crippen LogP) is 2.25. The van der Waals surface area contributed by atoms with Crippen molar-refractivity contribution in [2.75, 3.05) is 12.4 Å². The van der Waals surface area contributed by atoms with Gasteiger partial charge in [0.1, 0.15) is 5.75 Å². The van der Waals surface area contributed by atoms with Crippen LogP contribution in [0.15, 0.2) is 53.5 Å². The smallest absolute Gasteiger partial charge is 0.286 e. The lowest BCUT2D eigenvalue weighted by Gasteiger charge is -2.11. The molecule has 1 aromatic carbocycles. The van der Waals surface area contributed by atoms with Gasteiger partial charge in [-0.25, -0.2) is 4.98 Å². The molecular formula is C16H15N3O3. The zero-order valence-corrected chi connectivity index (χ0v) is 12.0. The second kappa shape index (κ2) is 5.77. The molecule has 0 aliphatic carbocycles. The Morgan fingerprint density at radius 2 is 2.05 bits per heavy atom. The fourth-order valence-electron chi connectivity index (χ4n) is 2.23. The molecule has 2 heterocycles. The van der Waals surface area contributed by atoms with Crippen molar-refractivity contribution in [2.24, 2.45) is 0 Å². The van der Waals surface area contributed by atoms with E-state index in [1.54, 1.807) is 19.2 Å². The normalized spacial score (nSPS) is 10.6. The van der Waals surface area contributed by atoms with Crippen LogP contribution >= 0.6 is 0 Å². The summed E-state index contributed by atoms with van der Waals surface area (Å²) < 4.78 is 5.67. The minimum absolute atomic E-state index is 0.229. The van der Waals surface area contributed by atoms with Crippen molar-refractivity contribution in [3.63, 3.8) is 0 Å². The summed E-state index contributed by atoms with van der Waals surface area (Å²) in [6.45, 7) is 0.545. The number of aromatic nitrogens is 2. The Morgan fingerprint density at radius 3 is 2.77 bits per heavy atom. The van der Waals surface area contributed by atoms with Gasteiger partial charge in [0.15, 0.2) is 5.65 Å². The van der Waals surface area contributed by atoms with Crippen molar-refractivity contribution in [2.45, 2.75) is 6.54 Å². The molecule has 0 bridgehead atoms. The van der Waals surface area contributed by atoms with Gasteiger partial charge in [-0.2, -0.15) is 0 Å². The van der Waals surface area contributed by atoms with Crippen LogP contribution in [0.4, 0.5) is 5.69 Å². The average Bonchev–Trinajstić information content (AvgIpc) is 2.57. The molecule has 0 radical (unpaired) electrons. The highest BCUT2D eigenvalue weighted by Crippen LogP contribution is 2.20. The summed E-state index contributed by atoms with van der Waals surface area (Å²) in [7, 11) is 1.62. The van der Waals surface area contributed by atoms with E-state index in [1.807, 2.05) is 24.3 Å². The van der Waals surface area contributed by atoms with Gasteiger partial charge in [0.05, 0.1) is 12.8 Å². The van der Waals surface area contributed by atoms with Gasteiger partial charge in [-0.1, -0.05) is 12.1 Å². The SMILES string of the molecule is COc1ccc(CNc2cc(=O)n(O)c3ncccc23)cc1. The molecule has 112 valence electrons. The number of benzene rings is 1. The fourth-order valence-corrected chi connectivity index (χ4v) is 2.23. The van der Waals surface area contributed by atoms with E-state index in [1.165, 1.54) is 12.3 Å². The molecule has 2 aromatic heterocycles. The van der Waals surface area contributed by atoms with Crippen molar-refractivity contribution >= 4 is 16.7 Å². The van der Waals surface area contributed by atoms with Gasteiger partial charge in [-0.05, 0) is 29.8 Å². The minimum Gasteiger partial charge on any atom is -0.497 e. The molecular weight excluding hydrogens is 282 g/mol. The first-order valence-electron chi connectivity index (χ1n) is 6.76. The van der Waals surface area contributed by atoms with Gasteiger partial charge >= 0.3 is 0 Å². The Kier molecular flexibility index (Phi) is 3.65. The summed E-state index contributed by atoms with van der Waals surface area (Å²) in [6.07, 6.45) is 1.53. The van der Waals surface area contributed by atoms with Crippen molar-refractivity contribution in [1.82, 2.24) is 9.71 Å². The van der Waals surface area contributed by atoms with Gasteiger partial charge in [-0.3, -0.25) is 4.79 Å². The number of nitrogens with zero attached hydrogens (tertiary/aromatic N) is 2. The third kappa shape index (κ3) is 2.58. The number of nitrogens with one attached hydrogen (secondary N) is 1. The summed E-state index contributed by atoms with van der Waals surface area (Å²) in [5.41, 5.74) is 1.39. The first kappa shape index (κ1) is 13.9. The monoisotopic (exact) mass is 297 g/mol. The van der Waals surface area contributed by atoms with Crippen LogP contribution in [0.1, 0.15) is 5.56 Å². The number of hydrogen-bond donors (Lipinski definition) is 2. The van der Waals surface area contributed by atoms with Gasteiger partial charge in [0.25, 0.3) is 5.56 Å². The van der Waals surface area contributed by atoms with Gasteiger partial charge < -0.3 is 15.3 Å². The van der Waals surface area contributed by atoms with Gasteiger partial charge in [-0.15, -0.1) is 4.73 Å². The molecule has 0 saturated carbocycles. The molecule has 2 N–H and O–H groups in total. The van der Waals surface area contributed by atoms with E-state index >= 15 is 0 Å². The molecule has 0 fully saturated rings. The van der Waals surface area contributed by atoms with Crippen LogP contribution < -0.4 is 15.6 Å². The van der Waals surface area contributed by atoms with Crippen molar-refractivity contribution in [1.29, 1.82) is 0 Å². The summed E-state index contributed by atoms with van der Waals surface area (Å²) in [5, 5.41) is 13.6. The molecule has 6 heteroatoms. The minimum atomic E-state index is -0.525. The zero-order chi connectivity index (χ0) is 15.5. The number of rotatable bonds is 4. The van der Waals surface area contributed by atoms with E-state index in [0.29, 0.717) is 22.3 Å². The number of methoxy groups -OCH3 is 1. The van der Waals surface area contributed by atoms with Gasteiger partial charge in [0.2, 0.25) is 0 Å². The van der Waals surface area contributed by atoms with Crippen LogP contribution in [0, 0.1) is 0 Å². The van der Waals surface area contributed by atoms with Gasteiger partial charge in [0, 0.05) is 24.2 Å². The summed E-state index contributed by atoms with van der Waals surface area (Å²) >= 11 is 0. The van der Waals surface area contributed by atoms with Crippen LogP contribution in [0.2, 0.25) is 0 Å². The number of pyridine rings is 2. The second-order valence-electron chi connectivity index (χ2n) is 4.78. The van der Waals surface area contributed by atoms with Crippen LogP contribution in [0.25, 0.3) is 11.0 Å². The molecule has 3 rings (SSSR count). The van der Waals surface area contributed by atoms with E-state index < -0.39 is 5.56 Å². The third-order valence-electron chi connectivity index (χ3n) is 3.40. The summed E-state index contributed by atoms with van der Waals surface area (Å²) in [6, 6.07) is 12.5. The van der Waals surface area contributed by atoms with E-state index in [9.17, 15) is 10.0 Å². The molecule has 3 aromatic rings. The summed E-state index contributed by atoms with van der Waals surface area (Å²) in [5.74, 6) is 0.793. The van der Waals surface area contributed by atoms with E-state index in [2.05, 4.69) is 10.3 Å². The molecule has 0 spiro atoms. The average molecular weight is 297 g/mol. The lowest BCUT2D eigenvalue weighted by molar-refractivity contribution is 0.187. The van der Waals surface area contributed by atoms with Crippen LogP contribution in [-0.2, 0) is 6.54 Å². The van der Waals surface area contributed by atoms with E-state index in [4.69, 9.17) is 4.74 Å². The lowest BCUT2D eigenvalue weighted by Crippen LogP contribution is -2.19. The van der Waals surface area contributed by atoms with Crippen LogP contribution in [0.5, 0.6) is 5.75 Å². The van der Waals surface area contributed by atoms with E-state index in [-0.39, 0.29) is 5.65 Å². The fraction of sp³-hybridized carbons (Fsp3) is 0.125. The van der Waals surface area contributed by atoms with Crippen LogP contribution in [0.3, 0.4) is 0 Å². The Hall–Kier alpha value is -3.02. The molecule has 0 aliphatic heterocycles. The molecule has 0 atom stereocenters. The zero-order valence-electron chi connectivity index (χ0n) is 12.0. The predicted molar refractivity (Wildman–Crippen MR) is 83.5 cm³/mol. The first-order valence-corrected chi connectivity index (χ1v) is 6.76. The third-order valence-corrected chi connectivity index (χ3v) is 3.40.